The molecule has 0 aliphatic carbocycles. The number of esters is 1. The van der Waals surface area contributed by atoms with E-state index in [4.69, 9.17) is 16.3 Å². The van der Waals surface area contributed by atoms with E-state index in [2.05, 4.69) is 20.7 Å². The van der Waals surface area contributed by atoms with Gasteiger partial charge in [0.1, 0.15) is 10.9 Å². The van der Waals surface area contributed by atoms with Crippen molar-refractivity contribution >= 4 is 55.3 Å². The Hall–Kier alpha value is -0.480. The fraction of sp³-hybridized carbons (Fsp3) is 0.417. The molecule has 1 saturated heterocycles. The average Bonchev–Trinajstić information content (AvgIpc) is 2.95. The van der Waals surface area contributed by atoms with E-state index >= 15 is 0 Å². The smallest absolute Gasteiger partial charge is 0.325 e. The van der Waals surface area contributed by atoms with E-state index in [1.54, 1.807) is 0 Å². The number of thioether (sulfide) groups is 1. The number of ether oxygens (including phenoxy) is 2. The van der Waals surface area contributed by atoms with Crippen molar-refractivity contribution in [2.24, 2.45) is 0 Å². The molecular weight excluding hydrogens is 418 g/mol. The van der Waals surface area contributed by atoms with Crippen LogP contribution in [0.15, 0.2) is 21.5 Å². The van der Waals surface area contributed by atoms with Crippen LogP contribution in [0.25, 0.3) is 0 Å². The minimum Gasteiger partial charge on any atom is -0.494 e. The first kappa shape index (κ1) is 17.9. The van der Waals surface area contributed by atoms with Gasteiger partial charge in [-0.15, -0.1) is 11.8 Å². The van der Waals surface area contributed by atoms with Crippen molar-refractivity contribution in [3.8, 4) is 5.75 Å². The second kappa shape index (κ2) is 6.96. The molecule has 0 unspecified atom stereocenters. The van der Waals surface area contributed by atoms with Gasteiger partial charge in [-0.2, -0.15) is 4.31 Å². The number of nitrogens with zero attached hydrogens (tertiary/aromatic N) is 1. The Labute approximate surface area is 146 Å². The highest BCUT2D eigenvalue weighted by molar-refractivity contribution is 9.10. The molecule has 1 aliphatic rings. The second-order valence-corrected chi connectivity index (χ2v) is 8.50. The molecule has 1 atom stereocenters. The Morgan fingerprint density at radius 2 is 2.14 bits per heavy atom. The van der Waals surface area contributed by atoms with E-state index in [9.17, 15) is 13.2 Å². The zero-order valence-corrected chi connectivity index (χ0v) is 15.7. The normalized spacial score (nSPS) is 19.2. The lowest BCUT2D eigenvalue weighted by Crippen LogP contribution is -2.42. The van der Waals surface area contributed by atoms with Gasteiger partial charge in [0.15, 0.2) is 5.75 Å². The zero-order valence-electron chi connectivity index (χ0n) is 11.7. The number of carbonyl (C=O) groups is 1. The fourth-order valence-corrected chi connectivity index (χ4v) is 6.54. The Kier molecular flexibility index (Phi) is 5.65. The third kappa shape index (κ3) is 3.23. The van der Waals surface area contributed by atoms with Gasteiger partial charge < -0.3 is 9.47 Å². The van der Waals surface area contributed by atoms with E-state index in [1.807, 2.05) is 0 Å². The summed E-state index contributed by atoms with van der Waals surface area (Å²) in [5.41, 5.74) is 0. The predicted octanol–water partition coefficient (Wildman–Crippen LogP) is 2.35. The summed E-state index contributed by atoms with van der Waals surface area (Å²) in [5.74, 6) is 0.0595. The Morgan fingerprint density at radius 1 is 1.45 bits per heavy atom. The molecule has 1 fully saturated rings. The van der Waals surface area contributed by atoms with Gasteiger partial charge in [0.2, 0.25) is 10.0 Å². The predicted molar refractivity (Wildman–Crippen MR) is 87.9 cm³/mol. The van der Waals surface area contributed by atoms with Crippen LogP contribution >= 0.6 is 39.3 Å². The number of carbonyl (C=O) groups excluding carboxylic acids is 1. The fourth-order valence-electron chi connectivity index (χ4n) is 2.04. The first-order valence-electron chi connectivity index (χ1n) is 6.03. The number of benzene rings is 1. The van der Waals surface area contributed by atoms with E-state index in [1.165, 1.54) is 38.1 Å². The molecule has 0 aromatic heterocycles. The quantitative estimate of drug-likeness (QED) is 0.683. The first-order chi connectivity index (χ1) is 10.3. The highest BCUT2D eigenvalue weighted by atomic mass is 79.9. The van der Waals surface area contributed by atoms with Crippen molar-refractivity contribution in [2.45, 2.75) is 10.9 Å². The summed E-state index contributed by atoms with van der Waals surface area (Å²) in [6, 6.07) is 1.98. The summed E-state index contributed by atoms with van der Waals surface area (Å²) in [5, 5.41) is 0.243. The minimum atomic E-state index is -3.96. The molecule has 0 N–H and O–H groups in total. The molecule has 1 aromatic carbocycles. The summed E-state index contributed by atoms with van der Waals surface area (Å²) in [6.07, 6.45) is 0. The van der Waals surface area contributed by atoms with Crippen molar-refractivity contribution in [1.29, 1.82) is 0 Å². The number of sulfonamides is 1. The molecule has 10 heteroatoms. The molecule has 1 heterocycles. The lowest BCUT2D eigenvalue weighted by Gasteiger charge is -2.22. The van der Waals surface area contributed by atoms with E-state index in [0.717, 1.165) is 4.31 Å². The molecule has 6 nitrogen and oxygen atoms in total. The maximum atomic E-state index is 12.9. The van der Waals surface area contributed by atoms with Gasteiger partial charge in [-0.1, -0.05) is 11.6 Å². The molecule has 0 radical (unpaired) electrons. The van der Waals surface area contributed by atoms with Crippen LogP contribution in [0.5, 0.6) is 5.75 Å². The molecule has 1 aliphatic heterocycles. The highest BCUT2D eigenvalue weighted by Crippen LogP contribution is 2.39. The van der Waals surface area contributed by atoms with Crippen molar-refractivity contribution in [2.75, 3.05) is 25.8 Å². The second-order valence-electron chi connectivity index (χ2n) is 4.35. The molecule has 2 rings (SSSR count). The van der Waals surface area contributed by atoms with Gasteiger partial charge >= 0.3 is 5.97 Å². The van der Waals surface area contributed by atoms with Gasteiger partial charge in [-0.25, -0.2) is 8.42 Å². The van der Waals surface area contributed by atoms with Gasteiger partial charge in [-0.05, 0) is 28.1 Å². The van der Waals surface area contributed by atoms with Crippen molar-refractivity contribution in [1.82, 2.24) is 4.31 Å². The van der Waals surface area contributed by atoms with Gasteiger partial charge in [0, 0.05) is 10.8 Å². The average molecular weight is 431 g/mol. The summed E-state index contributed by atoms with van der Waals surface area (Å²) in [4.78, 5) is 11.7. The van der Waals surface area contributed by atoms with Gasteiger partial charge in [0.25, 0.3) is 0 Å². The molecule has 0 bridgehead atoms. The topological polar surface area (TPSA) is 72.9 Å². The number of rotatable bonds is 4. The number of methoxy groups -OCH3 is 2. The molecular formula is C12H13BrClNO5S2. The monoisotopic (exact) mass is 429 g/mol. The molecule has 1 aromatic rings. The molecule has 0 saturated carbocycles. The van der Waals surface area contributed by atoms with E-state index in [0.29, 0.717) is 10.2 Å². The van der Waals surface area contributed by atoms with Crippen molar-refractivity contribution in [3.63, 3.8) is 0 Å². The number of hydrogen-bond donors (Lipinski definition) is 0. The molecule has 0 amide bonds. The van der Waals surface area contributed by atoms with Crippen LogP contribution < -0.4 is 4.74 Å². The van der Waals surface area contributed by atoms with Crippen LogP contribution in [-0.4, -0.2) is 50.6 Å². The highest BCUT2D eigenvalue weighted by Gasteiger charge is 2.42. The Morgan fingerprint density at radius 3 is 2.73 bits per heavy atom. The molecule has 122 valence electrons. The lowest BCUT2D eigenvalue weighted by atomic mass is 10.3. The summed E-state index contributed by atoms with van der Waals surface area (Å²) >= 11 is 10.5. The Bertz CT molecular complexity index is 697. The van der Waals surface area contributed by atoms with Crippen LogP contribution in [0, 0.1) is 0 Å². The standard InChI is InChI=1S/C12H13BrClNO5S2/c1-19-11-8(13)3-7(14)4-10(11)22(17,18)15-6-21-5-9(15)12(16)20-2/h3-4,9H,5-6H2,1-2H3/t9-/m0/s1. The third-order valence-electron chi connectivity index (χ3n) is 3.08. The van der Waals surface area contributed by atoms with Crippen molar-refractivity contribution in [3.05, 3.63) is 21.6 Å². The van der Waals surface area contributed by atoms with Gasteiger partial charge in [-0.3, -0.25) is 4.79 Å². The van der Waals surface area contributed by atoms with Crippen LogP contribution in [-0.2, 0) is 19.6 Å². The van der Waals surface area contributed by atoms with Crippen molar-refractivity contribution < 1.29 is 22.7 Å². The summed E-state index contributed by atoms with van der Waals surface area (Å²) in [7, 11) is -1.37. The molecule has 0 spiro atoms. The largest absolute Gasteiger partial charge is 0.494 e. The van der Waals surface area contributed by atoms with Gasteiger partial charge in [0.05, 0.1) is 24.6 Å². The first-order valence-corrected chi connectivity index (χ1v) is 9.80. The number of halogens is 2. The zero-order chi connectivity index (χ0) is 16.5. The number of hydrogen-bond acceptors (Lipinski definition) is 6. The summed E-state index contributed by atoms with van der Waals surface area (Å²) < 4.78 is 37.1. The lowest BCUT2D eigenvalue weighted by molar-refractivity contribution is -0.143. The van der Waals surface area contributed by atoms with Crippen LogP contribution in [0.1, 0.15) is 0 Å². The minimum absolute atomic E-state index is 0.0919. The SMILES string of the molecule is COC(=O)[C@@H]1CSCN1S(=O)(=O)c1cc(Cl)cc(Br)c1OC. The van der Waals surface area contributed by atoms with E-state index in [-0.39, 0.29) is 21.5 Å². The summed E-state index contributed by atoms with van der Waals surface area (Å²) in [6.45, 7) is 0. The van der Waals surface area contributed by atoms with E-state index < -0.39 is 22.0 Å². The maximum Gasteiger partial charge on any atom is 0.325 e. The van der Waals surface area contributed by atoms with Crippen LogP contribution in [0.3, 0.4) is 0 Å². The maximum absolute atomic E-state index is 12.9. The van der Waals surface area contributed by atoms with Crippen LogP contribution in [0.4, 0.5) is 0 Å². The molecule has 22 heavy (non-hydrogen) atoms. The Balaban J connectivity index is 2.53. The van der Waals surface area contributed by atoms with Crippen LogP contribution in [0.2, 0.25) is 5.02 Å². The third-order valence-corrected chi connectivity index (χ3v) is 6.92.